The molecule has 0 aliphatic carbocycles. The monoisotopic (exact) mass is 289 g/mol. The first-order valence-electron chi connectivity index (χ1n) is 3.86. The highest BCUT2D eigenvalue weighted by molar-refractivity contribution is 14.1. The molecule has 0 saturated carbocycles. The Morgan fingerprint density at radius 1 is 1.54 bits per heavy atom. The third-order valence-corrected chi connectivity index (χ3v) is 2.41. The van der Waals surface area contributed by atoms with Gasteiger partial charge >= 0.3 is 0 Å². The highest BCUT2D eigenvalue weighted by atomic mass is 127. The van der Waals surface area contributed by atoms with Crippen LogP contribution in [0.25, 0.3) is 0 Å². The molecule has 0 unspecified atom stereocenters. The standard InChI is InChI=1S/C10H9FIN/c1-2-3-6-13-10-5-4-8(11)7-9(10)12/h1,4-5,7,13H,3,6H2. The zero-order valence-electron chi connectivity index (χ0n) is 6.98. The highest BCUT2D eigenvalue weighted by Crippen LogP contribution is 2.18. The van der Waals surface area contributed by atoms with Crippen LogP contribution in [-0.2, 0) is 0 Å². The molecule has 0 fully saturated rings. The molecule has 0 amide bonds. The molecule has 13 heavy (non-hydrogen) atoms. The van der Waals surface area contributed by atoms with E-state index in [1.807, 2.05) is 0 Å². The highest BCUT2D eigenvalue weighted by Gasteiger charge is 1.99. The molecule has 1 aromatic rings. The summed E-state index contributed by atoms with van der Waals surface area (Å²) in [5.74, 6) is 2.31. The Bertz CT molecular complexity index is 330. The molecule has 0 saturated heterocycles. The van der Waals surface area contributed by atoms with Gasteiger partial charge in [-0.2, -0.15) is 0 Å². The van der Waals surface area contributed by atoms with E-state index in [4.69, 9.17) is 6.42 Å². The molecule has 1 N–H and O–H groups in total. The summed E-state index contributed by atoms with van der Waals surface area (Å²) < 4.78 is 13.5. The average molecular weight is 289 g/mol. The maximum Gasteiger partial charge on any atom is 0.124 e. The van der Waals surface area contributed by atoms with E-state index in [-0.39, 0.29) is 5.82 Å². The first-order chi connectivity index (χ1) is 6.24. The lowest BCUT2D eigenvalue weighted by atomic mass is 10.3. The SMILES string of the molecule is C#CCCNc1ccc(F)cc1I. The van der Waals surface area contributed by atoms with E-state index in [1.54, 1.807) is 6.07 Å². The van der Waals surface area contributed by atoms with Gasteiger partial charge in [0.05, 0.1) is 0 Å². The van der Waals surface area contributed by atoms with Crippen LogP contribution in [0.3, 0.4) is 0 Å². The Balaban J connectivity index is 2.62. The van der Waals surface area contributed by atoms with Crippen LogP contribution in [0.5, 0.6) is 0 Å². The Labute approximate surface area is 90.9 Å². The first kappa shape index (κ1) is 10.3. The average Bonchev–Trinajstić information content (AvgIpc) is 2.09. The Morgan fingerprint density at radius 3 is 2.92 bits per heavy atom. The lowest BCUT2D eigenvalue weighted by Crippen LogP contribution is -2.01. The number of nitrogens with one attached hydrogen (secondary N) is 1. The van der Waals surface area contributed by atoms with Crippen molar-refractivity contribution in [2.75, 3.05) is 11.9 Å². The summed E-state index contributed by atoms with van der Waals surface area (Å²) >= 11 is 2.08. The third-order valence-electron chi connectivity index (χ3n) is 1.52. The summed E-state index contributed by atoms with van der Waals surface area (Å²) in [4.78, 5) is 0. The fraction of sp³-hybridized carbons (Fsp3) is 0.200. The van der Waals surface area contributed by atoms with Crippen LogP contribution >= 0.6 is 22.6 Å². The van der Waals surface area contributed by atoms with Crippen molar-refractivity contribution in [2.45, 2.75) is 6.42 Å². The second-order valence-corrected chi connectivity index (χ2v) is 3.67. The van der Waals surface area contributed by atoms with E-state index in [9.17, 15) is 4.39 Å². The number of hydrogen-bond donors (Lipinski definition) is 1. The molecule has 0 atom stereocenters. The number of hydrogen-bond acceptors (Lipinski definition) is 1. The van der Waals surface area contributed by atoms with Crippen LogP contribution in [0.1, 0.15) is 6.42 Å². The van der Waals surface area contributed by atoms with Gasteiger partial charge in [-0.1, -0.05) is 0 Å². The largest absolute Gasteiger partial charge is 0.383 e. The molecule has 1 nitrogen and oxygen atoms in total. The first-order valence-corrected chi connectivity index (χ1v) is 4.94. The number of halogens is 2. The van der Waals surface area contributed by atoms with E-state index in [0.29, 0.717) is 6.42 Å². The quantitative estimate of drug-likeness (QED) is 0.512. The fourth-order valence-corrected chi connectivity index (χ4v) is 1.57. The molecule has 0 radical (unpaired) electrons. The molecule has 0 aliphatic rings. The van der Waals surface area contributed by atoms with Crippen molar-refractivity contribution in [3.05, 3.63) is 27.6 Å². The van der Waals surface area contributed by atoms with Crippen molar-refractivity contribution in [1.29, 1.82) is 0 Å². The molecule has 68 valence electrons. The predicted octanol–water partition coefficient (Wildman–Crippen LogP) is 2.87. The van der Waals surface area contributed by atoms with Crippen LogP contribution in [0, 0.1) is 21.7 Å². The van der Waals surface area contributed by atoms with Crippen molar-refractivity contribution in [3.63, 3.8) is 0 Å². The second-order valence-electron chi connectivity index (χ2n) is 2.51. The van der Waals surface area contributed by atoms with E-state index < -0.39 is 0 Å². The summed E-state index contributed by atoms with van der Waals surface area (Å²) in [5, 5.41) is 3.12. The van der Waals surface area contributed by atoms with Gasteiger partial charge < -0.3 is 5.32 Å². The number of rotatable bonds is 3. The van der Waals surface area contributed by atoms with E-state index in [0.717, 1.165) is 15.8 Å². The summed E-state index contributed by atoms with van der Waals surface area (Å²) in [6.45, 7) is 0.720. The minimum absolute atomic E-state index is 0.216. The molecule has 0 aliphatic heterocycles. The molecule has 3 heteroatoms. The van der Waals surface area contributed by atoms with Crippen molar-refractivity contribution in [2.24, 2.45) is 0 Å². The maximum atomic E-state index is 12.7. The second kappa shape index (κ2) is 5.07. The molecule has 0 heterocycles. The summed E-state index contributed by atoms with van der Waals surface area (Å²) in [5.41, 5.74) is 0.928. The van der Waals surface area contributed by atoms with Crippen LogP contribution < -0.4 is 5.32 Å². The Hall–Kier alpha value is -0.760. The van der Waals surface area contributed by atoms with Gasteiger partial charge in [0, 0.05) is 22.2 Å². The smallest absolute Gasteiger partial charge is 0.124 e. The van der Waals surface area contributed by atoms with Crippen LogP contribution in [0.15, 0.2) is 18.2 Å². The predicted molar refractivity (Wildman–Crippen MR) is 61.1 cm³/mol. The van der Waals surface area contributed by atoms with Crippen molar-refractivity contribution in [1.82, 2.24) is 0 Å². The Morgan fingerprint density at radius 2 is 2.31 bits per heavy atom. The lowest BCUT2D eigenvalue weighted by Gasteiger charge is -2.06. The van der Waals surface area contributed by atoms with E-state index in [2.05, 4.69) is 33.8 Å². The van der Waals surface area contributed by atoms with Crippen LogP contribution in [0.2, 0.25) is 0 Å². The molecule has 1 rings (SSSR count). The van der Waals surface area contributed by atoms with Gasteiger partial charge in [0.2, 0.25) is 0 Å². The number of anilines is 1. The topological polar surface area (TPSA) is 12.0 Å². The van der Waals surface area contributed by atoms with Crippen molar-refractivity contribution in [3.8, 4) is 12.3 Å². The van der Waals surface area contributed by atoms with Crippen molar-refractivity contribution >= 4 is 28.3 Å². The normalized spacial score (nSPS) is 9.31. The molecule has 0 spiro atoms. The molecule has 1 aromatic carbocycles. The minimum Gasteiger partial charge on any atom is -0.383 e. The van der Waals surface area contributed by atoms with Crippen molar-refractivity contribution < 1.29 is 4.39 Å². The van der Waals surface area contributed by atoms with E-state index in [1.165, 1.54) is 12.1 Å². The van der Waals surface area contributed by atoms with Gasteiger partial charge in [-0.15, -0.1) is 12.3 Å². The fourth-order valence-electron chi connectivity index (χ4n) is 0.902. The summed E-state index contributed by atoms with van der Waals surface area (Å²) in [6.07, 6.45) is 5.78. The lowest BCUT2D eigenvalue weighted by molar-refractivity contribution is 0.627. The zero-order chi connectivity index (χ0) is 9.68. The van der Waals surface area contributed by atoms with Gasteiger partial charge in [0.1, 0.15) is 5.82 Å². The molecule has 0 bridgehead atoms. The summed E-state index contributed by atoms with van der Waals surface area (Å²) in [6, 6.07) is 4.63. The third kappa shape index (κ3) is 3.23. The minimum atomic E-state index is -0.216. The zero-order valence-corrected chi connectivity index (χ0v) is 9.14. The Kier molecular flexibility index (Phi) is 4.03. The molecular formula is C10H9FIN. The van der Waals surface area contributed by atoms with Gasteiger partial charge in [-0.3, -0.25) is 0 Å². The van der Waals surface area contributed by atoms with E-state index >= 15 is 0 Å². The summed E-state index contributed by atoms with van der Waals surface area (Å²) in [7, 11) is 0. The molecule has 0 aromatic heterocycles. The van der Waals surface area contributed by atoms with Crippen LogP contribution in [0.4, 0.5) is 10.1 Å². The van der Waals surface area contributed by atoms with Gasteiger partial charge in [-0.25, -0.2) is 4.39 Å². The van der Waals surface area contributed by atoms with Gasteiger partial charge in [-0.05, 0) is 40.8 Å². The van der Waals surface area contributed by atoms with Gasteiger partial charge in [0.15, 0.2) is 0 Å². The van der Waals surface area contributed by atoms with Gasteiger partial charge in [0.25, 0.3) is 0 Å². The number of terminal acetylenes is 1. The number of benzene rings is 1. The molecular weight excluding hydrogens is 280 g/mol. The van der Waals surface area contributed by atoms with Crippen LogP contribution in [-0.4, -0.2) is 6.54 Å². The maximum absolute atomic E-state index is 12.7.